The molecule has 3 aliphatic rings. The van der Waals surface area contributed by atoms with E-state index in [2.05, 4.69) is 17.4 Å². The Hall–Kier alpha value is -2.64. The Morgan fingerprint density at radius 1 is 1.12 bits per heavy atom. The van der Waals surface area contributed by atoms with Gasteiger partial charge >= 0.3 is 5.97 Å². The van der Waals surface area contributed by atoms with Gasteiger partial charge in [0.25, 0.3) is 0 Å². The van der Waals surface area contributed by atoms with Crippen molar-refractivity contribution in [1.29, 1.82) is 0 Å². The molecule has 7 nitrogen and oxygen atoms in total. The first-order valence-corrected chi connectivity index (χ1v) is 12.6. The molecule has 2 aromatic rings. The van der Waals surface area contributed by atoms with E-state index in [-0.39, 0.29) is 11.8 Å². The molecule has 5 rings (SSSR count). The van der Waals surface area contributed by atoms with Crippen molar-refractivity contribution < 1.29 is 14.7 Å². The van der Waals surface area contributed by atoms with Crippen molar-refractivity contribution in [2.75, 3.05) is 38.0 Å². The summed E-state index contributed by atoms with van der Waals surface area (Å²) in [5.41, 5.74) is 3.07. The summed E-state index contributed by atoms with van der Waals surface area (Å²) in [6, 6.07) is 10.6. The Morgan fingerprint density at radius 3 is 2.71 bits per heavy atom. The zero-order chi connectivity index (χ0) is 23.7. The number of nitrogens with one attached hydrogen (secondary N) is 1. The van der Waals surface area contributed by atoms with Crippen LogP contribution in [-0.2, 0) is 16.0 Å². The van der Waals surface area contributed by atoms with Crippen molar-refractivity contribution >= 4 is 29.3 Å². The standard InChI is InChI=1S/C26H31ClN4O3/c27-21-5-1-3-19(15-21)23(26(33)34)31-14-10-20(16-31)25(32)30-12-8-17(9-13-30)22-7-6-18-4-2-11-28-24(18)29-22/h1,3,5-7,15,17,20,23H,2,4,8-14,16H2,(H,28,29)(H,33,34). The van der Waals surface area contributed by atoms with E-state index in [1.807, 2.05) is 9.80 Å². The molecule has 2 atom stereocenters. The molecule has 1 aromatic carbocycles. The number of carboxylic acids is 1. The van der Waals surface area contributed by atoms with Crippen molar-refractivity contribution in [3.8, 4) is 0 Å². The fraction of sp³-hybridized carbons (Fsp3) is 0.500. The third-order valence-corrected chi connectivity index (χ3v) is 7.71. The third-order valence-electron chi connectivity index (χ3n) is 7.47. The smallest absolute Gasteiger partial charge is 0.325 e. The van der Waals surface area contributed by atoms with Crippen LogP contribution in [0.1, 0.15) is 54.5 Å². The number of pyridine rings is 1. The number of carboxylic acid groups (broad SMARTS) is 1. The maximum absolute atomic E-state index is 13.3. The zero-order valence-electron chi connectivity index (χ0n) is 19.3. The number of nitrogens with zero attached hydrogens (tertiary/aromatic N) is 3. The molecule has 0 spiro atoms. The minimum Gasteiger partial charge on any atom is -0.480 e. The second kappa shape index (κ2) is 9.92. The van der Waals surface area contributed by atoms with Crippen LogP contribution in [0.4, 0.5) is 5.82 Å². The summed E-state index contributed by atoms with van der Waals surface area (Å²) in [6.45, 7) is 3.48. The Balaban J connectivity index is 1.19. The molecule has 3 aliphatic heterocycles. The first kappa shape index (κ1) is 23.1. The molecule has 2 saturated heterocycles. The number of halogens is 1. The predicted molar refractivity (Wildman–Crippen MR) is 131 cm³/mol. The predicted octanol–water partition coefficient (Wildman–Crippen LogP) is 3.95. The van der Waals surface area contributed by atoms with E-state index in [9.17, 15) is 14.7 Å². The summed E-state index contributed by atoms with van der Waals surface area (Å²) in [4.78, 5) is 34.1. The van der Waals surface area contributed by atoms with Crippen LogP contribution in [-0.4, -0.2) is 64.5 Å². The Morgan fingerprint density at radius 2 is 1.94 bits per heavy atom. The largest absolute Gasteiger partial charge is 0.480 e. The normalized spacial score (nSPS) is 22.1. The molecular weight excluding hydrogens is 452 g/mol. The number of aryl methyl sites for hydroxylation is 1. The molecule has 8 heteroatoms. The minimum absolute atomic E-state index is 0.149. The fourth-order valence-corrected chi connectivity index (χ4v) is 5.83. The van der Waals surface area contributed by atoms with Crippen LogP contribution in [0.15, 0.2) is 36.4 Å². The summed E-state index contributed by atoms with van der Waals surface area (Å²) in [5.74, 6) is 0.474. The lowest BCUT2D eigenvalue weighted by molar-refractivity contribution is -0.144. The van der Waals surface area contributed by atoms with Gasteiger partial charge in [-0.2, -0.15) is 0 Å². The van der Waals surface area contributed by atoms with Gasteiger partial charge in [-0.1, -0.05) is 29.8 Å². The van der Waals surface area contributed by atoms with E-state index in [4.69, 9.17) is 16.6 Å². The Labute approximate surface area is 205 Å². The molecule has 1 amide bonds. The van der Waals surface area contributed by atoms with Crippen molar-refractivity contribution in [3.63, 3.8) is 0 Å². The highest BCUT2D eigenvalue weighted by atomic mass is 35.5. The second-order valence-electron chi connectivity index (χ2n) is 9.65. The summed E-state index contributed by atoms with van der Waals surface area (Å²) in [5, 5.41) is 13.8. The number of rotatable bonds is 5. The van der Waals surface area contributed by atoms with Gasteiger partial charge in [0.2, 0.25) is 5.91 Å². The number of hydrogen-bond donors (Lipinski definition) is 2. The molecule has 1 aromatic heterocycles. The molecular formula is C26H31ClN4O3. The van der Waals surface area contributed by atoms with E-state index < -0.39 is 12.0 Å². The van der Waals surface area contributed by atoms with Gasteiger partial charge in [0.1, 0.15) is 11.9 Å². The van der Waals surface area contributed by atoms with Gasteiger partial charge in [-0.15, -0.1) is 0 Å². The van der Waals surface area contributed by atoms with E-state index in [0.717, 1.165) is 56.8 Å². The summed E-state index contributed by atoms with van der Waals surface area (Å²) in [7, 11) is 0. The number of likely N-dealkylation sites (tertiary alicyclic amines) is 2. The number of piperidine rings is 1. The third kappa shape index (κ3) is 4.77. The van der Waals surface area contributed by atoms with Crippen LogP contribution >= 0.6 is 11.6 Å². The highest BCUT2D eigenvalue weighted by Crippen LogP contribution is 2.33. The highest BCUT2D eigenvalue weighted by molar-refractivity contribution is 6.30. The van der Waals surface area contributed by atoms with Crippen LogP contribution in [0, 0.1) is 5.92 Å². The Bertz CT molecular complexity index is 1070. The number of fused-ring (bicyclic) bond motifs is 1. The first-order chi connectivity index (χ1) is 16.5. The highest BCUT2D eigenvalue weighted by Gasteiger charge is 2.38. The van der Waals surface area contributed by atoms with Gasteiger partial charge in [0.05, 0.1) is 5.92 Å². The minimum atomic E-state index is -0.914. The summed E-state index contributed by atoms with van der Waals surface area (Å²) in [6.07, 6.45) is 4.74. The summed E-state index contributed by atoms with van der Waals surface area (Å²) < 4.78 is 0. The van der Waals surface area contributed by atoms with E-state index >= 15 is 0 Å². The number of aliphatic carboxylic acids is 1. The number of carbonyl (C=O) groups is 2. The number of aromatic nitrogens is 1. The molecule has 2 unspecified atom stereocenters. The molecule has 180 valence electrons. The summed E-state index contributed by atoms with van der Waals surface area (Å²) >= 11 is 6.09. The van der Waals surface area contributed by atoms with Gasteiger partial charge in [0.15, 0.2) is 0 Å². The molecule has 0 aliphatic carbocycles. The molecule has 0 saturated carbocycles. The van der Waals surface area contributed by atoms with Crippen LogP contribution in [0.2, 0.25) is 5.02 Å². The Kier molecular flexibility index (Phi) is 6.75. The van der Waals surface area contributed by atoms with Crippen molar-refractivity contribution in [2.45, 2.75) is 44.1 Å². The topological polar surface area (TPSA) is 85.8 Å². The molecule has 0 bridgehead atoms. The van der Waals surface area contributed by atoms with Crippen LogP contribution in [0.3, 0.4) is 0 Å². The fourth-order valence-electron chi connectivity index (χ4n) is 5.63. The maximum atomic E-state index is 13.3. The molecule has 4 heterocycles. The number of amides is 1. The van der Waals surface area contributed by atoms with Crippen molar-refractivity contribution in [1.82, 2.24) is 14.8 Å². The number of benzene rings is 1. The average Bonchev–Trinajstić information content (AvgIpc) is 3.33. The zero-order valence-corrected chi connectivity index (χ0v) is 20.0. The molecule has 0 radical (unpaired) electrons. The van der Waals surface area contributed by atoms with Gasteiger partial charge < -0.3 is 15.3 Å². The first-order valence-electron chi connectivity index (χ1n) is 12.2. The van der Waals surface area contributed by atoms with Gasteiger partial charge in [-0.3, -0.25) is 14.5 Å². The van der Waals surface area contributed by atoms with E-state index in [1.54, 1.807) is 24.3 Å². The lowest BCUT2D eigenvalue weighted by Gasteiger charge is -2.34. The molecule has 2 N–H and O–H groups in total. The van der Waals surface area contributed by atoms with Crippen LogP contribution < -0.4 is 5.32 Å². The van der Waals surface area contributed by atoms with Crippen molar-refractivity contribution in [2.24, 2.45) is 5.92 Å². The SMILES string of the molecule is O=C(O)C(c1cccc(Cl)c1)N1CCC(C(=O)N2CCC(c3ccc4c(n3)NCCC4)CC2)C1. The van der Waals surface area contributed by atoms with E-state index in [1.165, 1.54) is 5.56 Å². The number of carbonyl (C=O) groups excluding carboxylic acids is 1. The number of hydrogen-bond acceptors (Lipinski definition) is 5. The van der Waals surface area contributed by atoms with Gasteiger partial charge in [-0.05, 0) is 61.4 Å². The maximum Gasteiger partial charge on any atom is 0.325 e. The molecule has 2 fully saturated rings. The quantitative estimate of drug-likeness (QED) is 0.671. The van der Waals surface area contributed by atoms with Crippen LogP contribution in [0.5, 0.6) is 0 Å². The monoisotopic (exact) mass is 482 g/mol. The van der Waals surface area contributed by atoms with E-state index in [0.29, 0.717) is 36.0 Å². The van der Waals surface area contributed by atoms with Crippen molar-refractivity contribution in [3.05, 3.63) is 58.2 Å². The lowest BCUT2D eigenvalue weighted by atomic mass is 9.91. The van der Waals surface area contributed by atoms with Gasteiger partial charge in [-0.25, -0.2) is 4.98 Å². The van der Waals surface area contributed by atoms with Gasteiger partial charge in [0, 0.05) is 49.4 Å². The second-order valence-corrected chi connectivity index (χ2v) is 10.1. The average molecular weight is 483 g/mol. The molecule has 34 heavy (non-hydrogen) atoms. The van der Waals surface area contributed by atoms with Crippen LogP contribution in [0.25, 0.3) is 0 Å². The lowest BCUT2D eigenvalue weighted by Crippen LogP contribution is -2.42. The number of anilines is 1.